The van der Waals surface area contributed by atoms with Crippen molar-refractivity contribution in [3.8, 4) is 0 Å². The highest BCUT2D eigenvalue weighted by atomic mass is 32.2. The number of rotatable bonds is 15. The molecule has 1 aliphatic heterocycles. The average molecular weight is 676 g/mol. The molecule has 1 aromatic heterocycles. The molecule has 2 heterocycles. The zero-order chi connectivity index (χ0) is 33.0. The Kier molecular flexibility index (Phi) is 12.8. The summed E-state index contributed by atoms with van der Waals surface area (Å²) in [7, 11) is 0. The summed E-state index contributed by atoms with van der Waals surface area (Å²) in [5.74, 6) is 0.609. The second-order valence-corrected chi connectivity index (χ2v) is 13.9. The smallest absolute Gasteiger partial charge is 0.224 e. The molecule has 0 saturated carbocycles. The summed E-state index contributed by atoms with van der Waals surface area (Å²) in [5.41, 5.74) is 10.5. The quantitative estimate of drug-likeness (QED) is 0.0584. The summed E-state index contributed by atoms with van der Waals surface area (Å²) < 4.78 is 13.8. The number of carbonyl (C=O) groups is 2. The van der Waals surface area contributed by atoms with Crippen molar-refractivity contribution < 1.29 is 24.2 Å². The van der Waals surface area contributed by atoms with Crippen LogP contribution in [0.15, 0.2) is 77.1 Å². The average Bonchev–Trinajstić information content (AvgIpc) is 3.51. The summed E-state index contributed by atoms with van der Waals surface area (Å²) in [6.45, 7) is 1.93. The van der Waals surface area contributed by atoms with Crippen LogP contribution in [0.2, 0.25) is 0 Å². The van der Waals surface area contributed by atoms with E-state index in [1.54, 1.807) is 35.2 Å². The molecule has 1 aliphatic rings. The van der Waals surface area contributed by atoms with Crippen molar-refractivity contribution in [2.75, 3.05) is 22.1 Å². The molecule has 4 aromatic rings. The van der Waals surface area contributed by atoms with Crippen LogP contribution in [0.25, 0.3) is 0 Å². The van der Waals surface area contributed by atoms with Gasteiger partial charge in [-0.15, -0.1) is 10.2 Å². The summed E-state index contributed by atoms with van der Waals surface area (Å²) in [4.78, 5) is 24.8. The fourth-order valence-corrected chi connectivity index (χ4v) is 7.08. The molecule has 5 rings (SSSR count). The first-order chi connectivity index (χ1) is 22.9. The molecule has 0 unspecified atom stereocenters. The number of anilines is 3. The van der Waals surface area contributed by atoms with Crippen LogP contribution in [-0.2, 0) is 25.7 Å². The van der Waals surface area contributed by atoms with E-state index in [1.165, 1.54) is 0 Å². The molecule has 248 valence electrons. The lowest BCUT2D eigenvalue weighted by Gasteiger charge is -2.36. The van der Waals surface area contributed by atoms with E-state index >= 15 is 0 Å². The highest BCUT2D eigenvalue weighted by molar-refractivity contribution is 8.01. The maximum absolute atomic E-state index is 12.6. The number of hydrogen-bond donors (Lipinski definition) is 4. The van der Waals surface area contributed by atoms with Gasteiger partial charge in [0.05, 0.1) is 30.2 Å². The summed E-state index contributed by atoms with van der Waals surface area (Å²) in [6.07, 6.45) is 3.91. The highest BCUT2D eigenvalue weighted by Gasteiger charge is 2.32. The number of aliphatic hydroxyl groups excluding tert-OH is 1. The van der Waals surface area contributed by atoms with Crippen molar-refractivity contribution >= 4 is 52.0 Å². The van der Waals surface area contributed by atoms with Crippen molar-refractivity contribution in [1.29, 1.82) is 0 Å². The minimum absolute atomic E-state index is 0.00678. The van der Waals surface area contributed by atoms with Crippen LogP contribution in [0.3, 0.4) is 0 Å². The minimum Gasteiger partial charge on any atom is -0.397 e. The Morgan fingerprint density at radius 3 is 2.23 bits per heavy atom. The summed E-state index contributed by atoms with van der Waals surface area (Å²) in [5, 5.41) is 24.5. The van der Waals surface area contributed by atoms with Gasteiger partial charge in [0, 0.05) is 36.3 Å². The second kappa shape index (κ2) is 17.4. The van der Waals surface area contributed by atoms with Crippen LogP contribution in [0.5, 0.6) is 0 Å². The molecule has 47 heavy (non-hydrogen) atoms. The van der Waals surface area contributed by atoms with Gasteiger partial charge in [0.1, 0.15) is 5.01 Å². The second-order valence-electron chi connectivity index (χ2n) is 11.5. The van der Waals surface area contributed by atoms with E-state index in [1.807, 2.05) is 67.6 Å². The van der Waals surface area contributed by atoms with E-state index in [4.69, 9.17) is 15.2 Å². The first-order valence-corrected chi connectivity index (χ1v) is 17.6. The third kappa shape index (κ3) is 10.6. The molecule has 0 spiro atoms. The molecule has 1 saturated heterocycles. The monoisotopic (exact) mass is 675 g/mol. The van der Waals surface area contributed by atoms with Crippen LogP contribution in [0.1, 0.15) is 79.0 Å². The molecule has 5 N–H and O–H groups in total. The first-order valence-electron chi connectivity index (χ1n) is 15.8. The van der Waals surface area contributed by atoms with Crippen LogP contribution < -0.4 is 16.4 Å². The first kappa shape index (κ1) is 34.5. The maximum atomic E-state index is 12.6. The van der Waals surface area contributed by atoms with E-state index in [0.29, 0.717) is 42.1 Å². The Balaban J connectivity index is 1.08. The number of thioether (sulfide) groups is 1. The number of nitrogens with zero attached hydrogens (tertiary/aromatic N) is 2. The van der Waals surface area contributed by atoms with Gasteiger partial charge < -0.3 is 30.9 Å². The topological polar surface area (TPSA) is 149 Å². The Morgan fingerprint density at radius 2 is 1.57 bits per heavy atom. The lowest BCUT2D eigenvalue weighted by atomic mass is 10.0. The van der Waals surface area contributed by atoms with Gasteiger partial charge >= 0.3 is 0 Å². The number of hydrogen-bond acceptors (Lipinski definition) is 10. The summed E-state index contributed by atoms with van der Waals surface area (Å²) >= 11 is 3.20. The third-order valence-corrected chi connectivity index (χ3v) is 9.88. The Morgan fingerprint density at radius 1 is 0.894 bits per heavy atom. The predicted molar refractivity (Wildman–Crippen MR) is 186 cm³/mol. The maximum Gasteiger partial charge on any atom is 0.224 e. The number of unbranched alkanes of at least 4 members (excludes halogenated alkanes) is 3. The normalized spacial score (nSPS) is 17.7. The lowest BCUT2D eigenvalue weighted by Crippen LogP contribution is -2.31. The number of aliphatic hydroxyl groups is 1. The van der Waals surface area contributed by atoms with Crippen molar-refractivity contribution in [2.24, 2.45) is 0 Å². The van der Waals surface area contributed by atoms with Crippen LogP contribution in [-0.4, -0.2) is 39.0 Å². The van der Waals surface area contributed by atoms with E-state index < -0.39 is 6.29 Å². The fourth-order valence-electron chi connectivity index (χ4n) is 5.22. The Labute approximate surface area is 283 Å². The van der Waals surface area contributed by atoms with Gasteiger partial charge in [-0.1, -0.05) is 84.5 Å². The molecule has 0 aliphatic carbocycles. The van der Waals surface area contributed by atoms with Crippen molar-refractivity contribution in [3.05, 3.63) is 94.5 Å². The molecular weight excluding hydrogens is 635 g/mol. The fraction of sp³-hybridized carbons (Fsp3) is 0.371. The number of aromatic nitrogens is 2. The Hall–Kier alpha value is -3.81. The zero-order valence-corrected chi connectivity index (χ0v) is 28.0. The van der Waals surface area contributed by atoms with Gasteiger partial charge in [-0.2, -0.15) is 0 Å². The predicted octanol–water partition coefficient (Wildman–Crippen LogP) is 7.18. The standard InChI is InChI=1S/C35H41N5O5S2/c1-23-39-40-35(47-23)46-22-28-20-31(25-14-12-24(21-41)13-15-25)45-34(44-28)26-16-18-27(19-17-26)37-32(42)10-4-2-3-5-11-33(43)38-30-9-7-6-8-29(30)36/h6-9,12-19,28,31,34,41H,2-5,10-11,20-22,36H2,1H3,(H,37,42)(H,38,43)/t28-,31+,34+/m1/s1. The van der Waals surface area contributed by atoms with Gasteiger partial charge in [-0.25, -0.2) is 0 Å². The van der Waals surface area contributed by atoms with Crippen molar-refractivity contribution in [1.82, 2.24) is 10.2 Å². The molecule has 0 bridgehead atoms. The van der Waals surface area contributed by atoms with Crippen LogP contribution in [0.4, 0.5) is 17.1 Å². The van der Waals surface area contributed by atoms with Crippen LogP contribution in [0, 0.1) is 6.92 Å². The third-order valence-electron chi connectivity index (χ3n) is 7.77. The Bertz CT molecular complexity index is 1600. The van der Waals surface area contributed by atoms with Crippen molar-refractivity contribution in [2.45, 2.75) is 81.3 Å². The zero-order valence-electron chi connectivity index (χ0n) is 26.4. The van der Waals surface area contributed by atoms with Gasteiger partial charge in [0.2, 0.25) is 11.8 Å². The van der Waals surface area contributed by atoms with E-state index in [-0.39, 0.29) is 30.6 Å². The number of nitrogens with two attached hydrogens (primary N) is 1. The SMILES string of the molecule is Cc1nnc(SC[C@H]2C[C@@H](c3ccc(CO)cc3)O[C@@H](c3ccc(NC(=O)CCCCCCC(=O)Nc4ccccc4N)cc3)O2)s1. The number of para-hydroxylation sites is 2. The molecule has 0 radical (unpaired) electrons. The number of nitrogens with one attached hydrogen (secondary N) is 2. The number of ether oxygens (including phenoxy) is 2. The highest BCUT2D eigenvalue weighted by Crippen LogP contribution is 2.40. The van der Waals surface area contributed by atoms with Crippen LogP contribution >= 0.6 is 23.1 Å². The van der Waals surface area contributed by atoms with Gasteiger partial charge in [0.15, 0.2) is 10.6 Å². The van der Waals surface area contributed by atoms with Gasteiger partial charge in [0.25, 0.3) is 0 Å². The number of benzene rings is 3. The van der Waals surface area contributed by atoms with Gasteiger partial charge in [-0.3, -0.25) is 9.59 Å². The molecular formula is C35H41N5O5S2. The lowest BCUT2D eigenvalue weighted by molar-refractivity contribution is -0.245. The number of amides is 2. The molecule has 12 heteroatoms. The van der Waals surface area contributed by atoms with E-state index in [9.17, 15) is 14.7 Å². The molecule has 3 aromatic carbocycles. The molecule has 10 nitrogen and oxygen atoms in total. The molecule has 3 atom stereocenters. The molecule has 1 fully saturated rings. The number of carbonyl (C=O) groups excluding carboxylic acids is 2. The number of aryl methyl sites for hydroxylation is 1. The van der Waals surface area contributed by atoms with Gasteiger partial charge in [-0.05, 0) is 55.2 Å². The van der Waals surface area contributed by atoms with Crippen molar-refractivity contribution in [3.63, 3.8) is 0 Å². The minimum atomic E-state index is -0.579. The van der Waals surface area contributed by atoms with E-state index in [0.717, 1.165) is 51.7 Å². The number of nitrogen functional groups attached to an aromatic ring is 1. The summed E-state index contributed by atoms with van der Waals surface area (Å²) in [6, 6.07) is 22.6. The van der Waals surface area contributed by atoms with E-state index in [2.05, 4.69) is 20.8 Å². The largest absolute Gasteiger partial charge is 0.397 e. The molecule has 2 amide bonds.